The number of halogens is 1. The lowest BCUT2D eigenvalue weighted by Crippen LogP contribution is -2.47. The van der Waals surface area contributed by atoms with E-state index in [-0.39, 0.29) is 5.54 Å². The quantitative estimate of drug-likeness (QED) is 0.918. The average Bonchev–Trinajstić information content (AvgIpc) is 2.28. The summed E-state index contributed by atoms with van der Waals surface area (Å²) in [6.07, 6.45) is 9.61. The molecule has 0 bridgehead atoms. The Bertz CT molecular complexity index is 405. The van der Waals surface area contributed by atoms with Gasteiger partial charge in [-0.15, -0.1) is 0 Å². The monoisotopic (exact) mass is 310 g/mol. The molecule has 1 fully saturated rings. The first-order chi connectivity index (χ1) is 8.48. The first-order valence-electron chi connectivity index (χ1n) is 6.87. The third-order valence-corrected chi connectivity index (χ3v) is 4.61. The van der Waals surface area contributed by atoms with E-state index in [1.54, 1.807) is 0 Å². The van der Waals surface area contributed by atoms with Gasteiger partial charge in [-0.1, -0.05) is 26.7 Å². The zero-order valence-electron chi connectivity index (χ0n) is 11.3. The average molecular weight is 311 g/mol. The first-order valence-corrected chi connectivity index (χ1v) is 7.66. The lowest BCUT2D eigenvalue weighted by atomic mass is 9.70. The second-order valence-electron chi connectivity index (χ2n) is 6.15. The molecule has 0 aromatic carbocycles. The predicted octanol–water partition coefficient (Wildman–Crippen LogP) is 3.93. The van der Waals surface area contributed by atoms with Crippen molar-refractivity contribution in [3.63, 3.8) is 0 Å². The van der Waals surface area contributed by atoms with Crippen LogP contribution in [0.15, 0.2) is 22.9 Å². The Hall–Kier alpha value is -0.410. The molecule has 1 aromatic heterocycles. The summed E-state index contributed by atoms with van der Waals surface area (Å²) in [6, 6.07) is 2.14. The standard InChI is InChI=1S/C15H23BrN2/c1-11(2)13-4-3-5-15(17,8-13)7-12-6-14(16)10-18-9-12/h6,9-11,13H,3-5,7-8,17H2,1-2H3. The Morgan fingerprint density at radius 1 is 1.50 bits per heavy atom. The molecule has 1 saturated carbocycles. The molecule has 1 aliphatic carbocycles. The Labute approximate surface area is 119 Å². The van der Waals surface area contributed by atoms with E-state index in [0.29, 0.717) is 0 Å². The van der Waals surface area contributed by atoms with Crippen LogP contribution in [0.3, 0.4) is 0 Å². The summed E-state index contributed by atoms with van der Waals surface area (Å²) < 4.78 is 1.04. The number of aromatic nitrogens is 1. The van der Waals surface area contributed by atoms with E-state index in [0.717, 1.165) is 35.6 Å². The van der Waals surface area contributed by atoms with E-state index in [4.69, 9.17) is 5.73 Å². The van der Waals surface area contributed by atoms with Crippen molar-refractivity contribution in [2.75, 3.05) is 0 Å². The number of hydrogen-bond donors (Lipinski definition) is 1. The highest BCUT2D eigenvalue weighted by Crippen LogP contribution is 2.36. The maximum atomic E-state index is 6.63. The van der Waals surface area contributed by atoms with E-state index in [1.807, 2.05) is 12.4 Å². The normalized spacial score (nSPS) is 28.6. The van der Waals surface area contributed by atoms with Crippen LogP contribution in [0.4, 0.5) is 0 Å². The summed E-state index contributed by atoms with van der Waals surface area (Å²) in [5.74, 6) is 1.53. The summed E-state index contributed by atoms with van der Waals surface area (Å²) in [4.78, 5) is 4.23. The van der Waals surface area contributed by atoms with Crippen molar-refractivity contribution in [1.29, 1.82) is 0 Å². The van der Waals surface area contributed by atoms with E-state index in [9.17, 15) is 0 Å². The number of pyridine rings is 1. The van der Waals surface area contributed by atoms with E-state index in [1.165, 1.54) is 18.4 Å². The van der Waals surface area contributed by atoms with Crippen molar-refractivity contribution in [2.45, 2.75) is 51.5 Å². The van der Waals surface area contributed by atoms with Gasteiger partial charge in [0.15, 0.2) is 0 Å². The lowest BCUT2D eigenvalue weighted by Gasteiger charge is -2.39. The van der Waals surface area contributed by atoms with Gasteiger partial charge in [-0.25, -0.2) is 0 Å². The van der Waals surface area contributed by atoms with Crippen LogP contribution in [-0.2, 0) is 6.42 Å². The largest absolute Gasteiger partial charge is 0.325 e. The third kappa shape index (κ3) is 3.55. The molecule has 2 nitrogen and oxygen atoms in total. The van der Waals surface area contributed by atoms with Crippen molar-refractivity contribution in [1.82, 2.24) is 4.98 Å². The molecule has 18 heavy (non-hydrogen) atoms. The fraction of sp³-hybridized carbons (Fsp3) is 0.667. The molecule has 1 heterocycles. The highest BCUT2D eigenvalue weighted by atomic mass is 79.9. The topological polar surface area (TPSA) is 38.9 Å². The number of rotatable bonds is 3. The van der Waals surface area contributed by atoms with Crippen LogP contribution in [0.2, 0.25) is 0 Å². The lowest BCUT2D eigenvalue weighted by molar-refractivity contribution is 0.182. The van der Waals surface area contributed by atoms with Gasteiger partial charge in [-0.2, -0.15) is 0 Å². The molecule has 2 atom stereocenters. The van der Waals surface area contributed by atoms with Gasteiger partial charge in [0.1, 0.15) is 0 Å². The molecule has 0 amide bonds. The van der Waals surface area contributed by atoms with E-state index < -0.39 is 0 Å². The molecule has 3 heteroatoms. The fourth-order valence-corrected chi connectivity index (χ4v) is 3.54. The first kappa shape index (κ1) is 14.0. The van der Waals surface area contributed by atoms with Crippen LogP contribution in [0.1, 0.15) is 45.1 Å². The molecule has 0 saturated heterocycles. The molecular weight excluding hydrogens is 288 g/mol. The molecule has 0 radical (unpaired) electrons. The minimum Gasteiger partial charge on any atom is -0.325 e. The van der Waals surface area contributed by atoms with Crippen LogP contribution in [0, 0.1) is 11.8 Å². The smallest absolute Gasteiger partial charge is 0.0410 e. The summed E-state index contributed by atoms with van der Waals surface area (Å²) in [5.41, 5.74) is 7.84. The molecule has 0 spiro atoms. The minimum absolute atomic E-state index is 0.0321. The zero-order valence-corrected chi connectivity index (χ0v) is 12.9. The van der Waals surface area contributed by atoms with Crippen LogP contribution >= 0.6 is 15.9 Å². The van der Waals surface area contributed by atoms with Crippen LogP contribution < -0.4 is 5.73 Å². The highest BCUT2D eigenvalue weighted by molar-refractivity contribution is 9.10. The molecule has 1 aliphatic rings. The second-order valence-corrected chi connectivity index (χ2v) is 7.07. The predicted molar refractivity (Wildman–Crippen MR) is 79.4 cm³/mol. The van der Waals surface area contributed by atoms with Gasteiger partial charge in [-0.3, -0.25) is 4.98 Å². The van der Waals surface area contributed by atoms with Crippen molar-refractivity contribution >= 4 is 15.9 Å². The van der Waals surface area contributed by atoms with Crippen molar-refractivity contribution in [2.24, 2.45) is 17.6 Å². The van der Waals surface area contributed by atoms with Crippen LogP contribution in [0.5, 0.6) is 0 Å². The molecule has 2 unspecified atom stereocenters. The Morgan fingerprint density at radius 3 is 2.94 bits per heavy atom. The summed E-state index contributed by atoms with van der Waals surface area (Å²) >= 11 is 3.48. The maximum Gasteiger partial charge on any atom is 0.0410 e. The molecule has 100 valence electrons. The minimum atomic E-state index is -0.0321. The SMILES string of the molecule is CC(C)C1CCCC(N)(Cc2cncc(Br)c2)C1. The molecule has 2 N–H and O–H groups in total. The van der Waals surface area contributed by atoms with Gasteiger partial charge in [0.25, 0.3) is 0 Å². The zero-order chi connectivity index (χ0) is 13.2. The fourth-order valence-electron chi connectivity index (χ4n) is 3.13. The second kappa shape index (κ2) is 5.70. The molecule has 1 aromatic rings. The molecule has 2 rings (SSSR count). The van der Waals surface area contributed by atoms with Gasteiger partial charge in [0.05, 0.1) is 0 Å². The summed E-state index contributed by atoms with van der Waals surface area (Å²) in [6.45, 7) is 4.63. The Balaban J connectivity index is 2.07. The van der Waals surface area contributed by atoms with Crippen LogP contribution in [-0.4, -0.2) is 10.5 Å². The van der Waals surface area contributed by atoms with Crippen LogP contribution in [0.25, 0.3) is 0 Å². The summed E-state index contributed by atoms with van der Waals surface area (Å²) in [7, 11) is 0. The number of hydrogen-bond acceptors (Lipinski definition) is 2. The van der Waals surface area contributed by atoms with Crippen molar-refractivity contribution in [3.8, 4) is 0 Å². The van der Waals surface area contributed by atoms with Gasteiger partial charge in [0.2, 0.25) is 0 Å². The Morgan fingerprint density at radius 2 is 2.28 bits per heavy atom. The summed E-state index contributed by atoms with van der Waals surface area (Å²) in [5, 5.41) is 0. The van der Waals surface area contributed by atoms with Gasteiger partial charge < -0.3 is 5.73 Å². The molecular formula is C15H23BrN2. The molecule has 0 aliphatic heterocycles. The van der Waals surface area contributed by atoms with Crippen molar-refractivity contribution < 1.29 is 0 Å². The highest BCUT2D eigenvalue weighted by Gasteiger charge is 2.34. The van der Waals surface area contributed by atoms with Crippen molar-refractivity contribution in [3.05, 3.63) is 28.5 Å². The van der Waals surface area contributed by atoms with E-state index >= 15 is 0 Å². The number of nitrogens with zero attached hydrogens (tertiary/aromatic N) is 1. The van der Waals surface area contributed by atoms with Gasteiger partial charge in [0, 0.05) is 22.4 Å². The van der Waals surface area contributed by atoms with Gasteiger partial charge in [-0.05, 0) is 58.7 Å². The maximum absolute atomic E-state index is 6.63. The number of nitrogens with two attached hydrogens (primary N) is 1. The third-order valence-electron chi connectivity index (χ3n) is 4.18. The van der Waals surface area contributed by atoms with Gasteiger partial charge >= 0.3 is 0 Å². The Kier molecular flexibility index (Phi) is 4.44. The van der Waals surface area contributed by atoms with E-state index in [2.05, 4.69) is 40.8 Å².